The molecule has 0 fully saturated rings. The Morgan fingerprint density at radius 1 is 1.28 bits per heavy atom. The van der Waals surface area contributed by atoms with Crippen molar-refractivity contribution in [1.29, 1.82) is 10.7 Å². The van der Waals surface area contributed by atoms with Gasteiger partial charge in [-0.3, -0.25) is 14.6 Å². The number of nitriles is 1. The van der Waals surface area contributed by atoms with Crippen molar-refractivity contribution >= 4 is 39.1 Å². The molecule has 7 heteroatoms. The predicted octanol–water partition coefficient (Wildman–Crippen LogP) is 2.87. The van der Waals surface area contributed by atoms with Crippen LogP contribution in [0.4, 0.5) is 0 Å². The van der Waals surface area contributed by atoms with Gasteiger partial charge in [0.05, 0.1) is 10.7 Å². The molecule has 6 nitrogen and oxygen atoms in total. The van der Waals surface area contributed by atoms with Crippen molar-refractivity contribution in [2.45, 2.75) is 25.7 Å². The summed E-state index contributed by atoms with van der Waals surface area (Å²) in [5, 5.41) is 29.8. The molecule has 1 aliphatic carbocycles. The first-order valence-electron chi connectivity index (χ1n) is 9.37. The van der Waals surface area contributed by atoms with Crippen LogP contribution in [0.5, 0.6) is 5.75 Å². The molecular weight excluding hydrogens is 384 g/mol. The Balaban J connectivity index is 1.92. The van der Waals surface area contributed by atoms with E-state index < -0.39 is 0 Å². The van der Waals surface area contributed by atoms with Crippen LogP contribution in [0.1, 0.15) is 39.2 Å². The molecule has 3 heterocycles. The molecule has 3 aromatic heterocycles. The average Bonchev–Trinajstić information content (AvgIpc) is 3.24. The summed E-state index contributed by atoms with van der Waals surface area (Å²) in [4.78, 5) is 19.1. The summed E-state index contributed by atoms with van der Waals surface area (Å²) < 4.78 is 1.67. The lowest BCUT2D eigenvalue weighted by Crippen LogP contribution is -2.17. The molecule has 1 aliphatic rings. The summed E-state index contributed by atoms with van der Waals surface area (Å²) in [6.45, 7) is 0. The topological polar surface area (TPSA) is 102 Å². The molecule has 29 heavy (non-hydrogen) atoms. The molecule has 0 saturated carbocycles. The van der Waals surface area contributed by atoms with Crippen molar-refractivity contribution in [3.05, 3.63) is 62.7 Å². The van der Waals surface area contributed by atoms with E-state index in [1.165, 1.54) is 11.0 Å². The fourth-order valence-electron chi connectivity index (χ4n) is 4.04. The van der Waals surface area contributed by atoms with Crippen LogP contribution in [0, 0.1) is 16.7 Å². The number of fused-ring (bicyclic) bond motifs is 5. The van der Waals surface area contributed by atoms with Crippen LogP contribution in [0.25, 0.3) is 21.9 Å². The number of nitrogens with one attached hydrogen (secondary N) is 1. The Morgan fingerprint density at radius 3 is 2.79 bits per heavy atom. The highest BCUT2D eigenvalue weighted by molar-refractivity contribution is 7.18. The largest absolute Gasteiger partial charge is 0.504 e. The van der Waals surface area contributed by atoms with Gasteiger partial charge in [0.2, 0.25) is 0 Å². The monoisotopic (exact) mass is 400 g/mol. The first-order valence-corrected chi connectivity index (χ1v) is 10.2. The van der Waals surface area contributed by atoms with Crippen molar-refractivity contribution in [3.8, 4) is 11.8 Å². The maximum absolute atomic E-state index is 12.8. The van der Waals surface area contributed by atoms with Gasteiger partial charge in [-0.15, -0.1) is 11.3 Å². The highest BCUT2D eigenvalue weighted by Gasteiger charge is 2.24. The van der Waals surface area contributed by atoms with Gasteiger partial charge in [-0.05, 0) is 31.2 Å². The van der Waals surface area contributed by atoms with Crippen LogP contribution in [0.3, 0.4) is 0 Å². The fourth-order valence-corrected chi connectivity index (χ4v) is 5.44. The standard InChI is InChI=1S/C22H16N4O2S/c23-11-14-19(28)15(10-16(27)12-6-2-1-3-7-12)26-21(14)25-20(24)18-13-8-4-5-9-17(13)29-22(18)26/h1-3,6-7,10,24,28H,4-5,8-9H2/b15-10+,24-20?. The highest BCUT2D eigenvalue weighted by Crippen LogP contribution is 2.35. The lowest BCUT2D eigenvalue weighted by atomic mass is 9.97. The molecule has 5 rings (SSSR count). The number of hydrogen-bond donors (Lipinski definition) is 2. The molecule has 0 unspecified atom stereocenters. The van der Waals surface area contributed by atoms with E-state index in [9.17, 15) is 15.2 Å². The number of carbonyl (C=O) groups excluding carboxylic acids is 1. The van der Waals surface area contributed by atoms with Gasteiger partial charge >= 0.3 is 0 Å². The fraction of sp³-hybridized carbons (Fsp3) is 0.182. The number of Topliss-reactive ketones (excluding diaryl/α,β-unsaturated/α-hetero) is 1. The van der Waals surface area contributed by atoms with Crippen LogP contribution in [-0.2, 0) is 12.8 Å². The number of nitrogens with zero attached hydrogens (tertiary/aromatic N) is 3. The molecule has 0 aliphatic heterocycles. The zero-order valence-electron chi connectivity index (χ0n) is 15.4. The zero-order valence-corrected chi connectivity index (χ0v) is 16.2. The van der Waals surface area contributed by atoms with Gasteiger partial charge in [0.25, 0.3) is 0 Å². The second-order valence-electron chi connectivity index (χ2n) is 7.11. The highest BCUT2D eigenvalue weighted by atomic mass is 32.1. The van der Waals surface area contributed by atoms with Crippen LogP contribution in [0.2, 0.25) is 0 Å². The van der Waals surface area contributed by atoms with E-state index in [-0.39, 0.29) is 33.6 Å². The third-order valence-corrected chi connectivity index (χ3v) is 6.68. The molecule has 0 spiro atoms. The van der Waals surface area contributed by atoms with E-state index in [0.29, 0.717) is 5.56 Å². The van der Waals surface area contributed by atoms with Gasteiger partial charge < -0.3 is 5.11 Å². The zero-order chi connectivity index (χ0) is 20.1. The smallest absolute Gasteiger partial charge is 0.188 e. The summed E-state index contributed by atoms with van der Waals surface area (Å²) in [6.07, 6.45) is 5.38. The number of ketones is 1. The summed E-state index contributed by atoms with van der Waals surface area (Å²) in [5.41, 5.74) is 1.95. The second kappa shape index (κ2) is 6.54. The molecule has 0 atom stereocenters. The number of benzene rings is 1. The number of aryl methyl sites for hydroxylation is 2. The van der Waals surface area contributed by atoms with Crippen LogP contribution < -0.4 is 10.8 Å². The SMILES string of the molecule is N#Cc1c(O)/c(=C\C(=O)c2ccccc2)n2c1nc(=N)c1c3c(sc12)CCCC3. The van der Waals surface area contributed by atoms with Gasteiger partial charge in [0, 0.05) is 16.5 Å². The maximum atomic E-state index is 12.8. The molecule has 0 bridgehead atoms. The van der Waals surface area contributed by atoms with E-state index >= 15 is 0 Å². The number of thiophene rings is 1. The summed E-state index contributed by atoms with van der Waals surface area (Å²) in [7, 11) is 0. The normalized spacial score (nSPS) is 14.2. The molecular formula is C22H16N4O2S. The van der Waals surface area contributed by atoms with Crippen molar-refractivity contribution < 1.29 is 9.90 Å². The molecule has 2 N–H and O–H groups in total. The summed E-state index contributed by atoms with van der Waals surface area (Å²) >= 11 is 1.56. The lowest BCUT2D eigenvalue weighted by molar-refractivity contribution is 0.106. The lowest BCUT2D eigenvalue weighted by Gasteiger charge is -2.09. The van der Waals surface area contributed by atoms with E-state index in [0.717, 1.165) is 41.5 Å². The van der Waals surface area contributed by atoms with Gasteiger partial charge in [0.1, 0.15) is 16.5 Å². The number of rotatable bonds is 2. The first kappa shape index (κ1) is 17.6. The van der Waals surface area contributed by atoms with Crippen LogP contribution in [0.15, 0.2) is 30.3 Å². The van der Waals surface area contributed by atoms with Gasteiger partial charge in [-0.2, -0.15) is 5.26 Å². The molecule has 0 radical (unpaired) electrons. The molecule has 1 aromatic carbocycles. The predicted molar refractivity (Wildman–Crippen MR) is 110 cm³/mol. The van der Waals surface area contributed by atoms with E-state index in [4.69, 9.17) is 5.41 Å². The Morgan fingerprint density at radius 2 is 2.03 bits per heavy atom. The number of carbonyl (C=O) groups is 1. The summed E-state index contributed by atoms with van der Waals surface area (Å²) in [5.74, 6) is -0.545. The van der Waals surface area contributed by atoms with Crippen LogP contribution >= 0.6 is 11.3 Å². The number of aromatic hydroxyl groups is 1. The quantitative estimate of drug-likeness (QED) is 0.505. The Hall–Kier alpha value is -3.50. The van der Waals surface area contributed by atoms with Crippen LogP contribution in [-0.4, -0.2) is 20.3 Å². The number of hydrogen-bond acceptors (Lipinski definition) is 6. The average molecular weight is 400 g/mol. The third-order valence-electron chi connectivity index (χ3n) is 5.40. The Bertz CT molecular complexity index is 1460. The van der Waals surface area contributed by atoms with Gasteiger partial charge in [-0.25, -0.2) is 4.98 Å². The molecule has 0 amide bonds. The Labute approximate surface area is 169 Å². The van der Waals surface area contributed by atoms with E-state index in [1.54, 1.807) is 40.0 Å². The molecule has 0 saturated heterocycles. The van der Waals surface area contributed by atoms with Crippen molar-refractivity contribution in [2.75, 3.05) is 0 Å². The Kier molecular flexibility index (Phi) is 3.96. The second-order valence-corrected chi connectivity index (χ2v) is 8.19. The minimum Gasteiger partial charge on any atom is -0.504 e. The van der Waals surface area contributed by atoms with Crippen molar-refractivity contribution in [3.63, 3.8) is 0 Å². The third kappa shape index (κ3) is 2.57. The van der Waals surface area contributed by atoms with Crippen molar-refractivity contribution in [2.24, 2.45) is 0 Å². The van der Waals surface area contributed by atoms with E-state index in [1.807, 2.05) is 12.1 Å². The summed E-state index contributed by atoms with van der Waals surface area (Å²) in [6, 6.07) is 10.8. The minimum absolute atomic E-state index is 0.0149. The minimum atomic E-state index is -0.275. The maximum Gasteiger partial charge on any atom is 0.188 e. The molecule has 4 aromatic rings. The van der Waals surface area contributed by atoms with E-state index in [2.05, 4.69) is 4.98 Å². The van der Waals surface area contributed by atoms with Gasteiger partial charge in [-0.1, -0.05) is 30.3 Å². The molecule has 142 valence electrons. The number of aromatic nitrogens is 2. The first-order chi connectivity index (χ1) is 14.1. The van der Waals surface area contributed by atoms with Crippen molar-refractivity contribution in [1.82, 2.24) is 9.38 Å². The van der Waals surface area contributed by atoms with Gasteiger partial charge in [0.15, 0.2) is 22.7 Å².